The summed E-state index contributed by atoms with van der Waals surface area (Å²) in [5, 5.41) is 23.2. The van der Waals surface area contributed by atoms with Gasteiger partial charge in [-0.1, -0.05) is 19.8 Å². The molecule has 10 nitrogen and oxygen atoms in total. The topological polar surface area (TPSA) is 118 Å². The van der Waals surface area contributed by atoms with Crippen LogP contribution >= 0.6 is 0 Å². The number of benzene rings is 1. The van der Waals surface area contributed by atoms with Gasteiger partial charge in [-0.3, -0.25) is 9.69 Å². The number of aromatic amines is 1. The molecule has 1 saturated carbocycles. The lowest BCUT2D eigenvalue weighted by Crippen LogP contribution is -2.34. The average Bonchev–Trinajstić information content (AvgIpc) is 3.54. The second-order valence-corrected chi connectivity index (χ2v) is 9.10. The lowest BCUT2D eigenvalue weighted by atomic mass is 10.1. The average molecular weight is 469 g/mol. The Morgan fingerprint density at radius 3 is 2.71 bits per heavy atom. The molecule has 1 fully saturated rings. The fourth-order valence-electron chi connectivity index (χ4n) is 5.18. The molecule has 0 bridgehead atoms. The number of aliphatic hydroxyl groups is 1. The first kappa shape index (κ1) is 22.8. The minimum Gasteiger partial charge on any atom is -0.486 e. The van der Waals surface area contributed by atoms with Crippen molar-refractivity contribution in [2.75, 3.05) is 26.4 Å². The van der Waals surface area contributed by atoms with Crippen molar-refractivity contribution in [1.29, 1.82) is 0 Å². The zero-order chi connectivity index (χ0) is 23.5. The maximum absolute atomic E-state index is 13.0. The number of aromatic nitrogens is 5. The van der Waals surface area contributed by atoms with E-state index >= 15 is 0 Å². The molecule has 5 rings (SSSR count). The number of ether oxygens (including phenoxy) is 2. The van der Waals surface area contributed by atoms with E-state index < -0.39 is 0 Å². The highest BCUT2D eigenvalue weighted by atomic mass is 16.6. The van der Waals surface area contributed by atoms with Gasteiger partial charge in [-0.05, 0) is 48.2 Å². The Morgan fingerprint density at radius 2 is 1.97 bits per heavy atom. The van der Waals surface area contributed by atoms with Gasteiger partial charge < -0.3 is 19.6 Å². The number of pyridine rings is 1. The summed E-state index contributed by atoms with van der Waals surface area (Å²) in [6.45, 7) is 4.26. The number of H-pyrrole nitrogens is 1. The standard InChI is InChI=1S/C24H32N6O4/c1-2-20(23-26-27-28-30(23)18-6-3-4-7-18)29(8-5-9-31)15-17-12-16-13-21-22(34-11-10-33-21)14-19(16)25-24(17)32/h12-14,18,20,31H,2-11,15H2,1H3,(H,25,32)/t20-/m1/s1. The van der Waals surface area contributed by atoms with E-state index in [4.69, 9.17) is 9.47 Å². The van der Waals surface area contributed by atoms with Crippen molar-refractivity contribution in [1.82, 2.24) is 30.1 Å². The van der Waals surface area contributed by atoms with Gasteiger partial charge in [0.2, 0.25) is 0 Å². The van der Waals surface area contributed by atoms with Gasteiger partial charge in [0.1, 0.15) is 13.2 Å². The van der Waals surface area contributed by atoms with Crippen molar-refractivity contribution in [3.63, 3.8) is 0 Å². The first-order valence-corrected chi connectivity index (χ1v) is 12.3. The number of nitrogens with zero attached hydrogens (tertiary/aromatic N) is 5. The Bertz CT molecular complexity index is 1190. The number of tetrazole rings is 1. The van der Waals surface area contributed by atoms with E-state index in [0.717, 1.165) is 36.0 Å². The highest BCUT2D eigenvalue weighted by Crippen LogP contribution is 2.35. The molecule has 2 aromatic heterocycles. The number of fused-ring (bicyclic) bond motifs is 2. The zero-order valence-corrected chi connectivity index (χ0v) is 19.6. The highest BCUT2D eigenvalue weighted by molar-refractivity contribution is 5.83. The number of hydrogen-bond donors (Lipinski definition) is 2. The largest absolute Gasteiger partial charge is 0.486 e. The summed E-state index contributed by atoms with van der Waals surface area (Å²) >= 11 is 0. The van der Waals surface area contributed by atoms with Crippen LogP contribution in [0.1, 0.15) is 68.9 Å². The van der Waals surface area contributed by atoms with Crippen LogP contribution in [0.5, 0.6) is 11.5 Å². The Morgan fingerprint density at radius 1 is 1.21 bits per heavy atom. The third-order valence-corrected chi connectivity index (χ3v) is 6.88. The summed E-state index contributed by atoms with van der Waals surface area (Å²) in [6.07, 6.45) is 5.96. The van der Waals surface area contributed by atoms with Crippen molar-refractivity contribution in [2.45, 2.75) is 64.1 Å². The fourth-order valence-corrected chi connectivity index (χ4v) is 5.18. The van der Waals surface area contributed by atoms with E-state index in [1.54, 1.807) is 0 Å². The minimum absolute atomic E-state index is 0.0579. The zero-order valence-electron chi connectivity index (χ0n) is 19.6. The molecule has 0 spiro atoms. The highest BCUT2D eigenvalue weighted by Gasteiger charge is 2.29. The van der Waals surface area contributed by atoms with E-state index in [9.17, 15) is 9.90 Å². The molecular weight excluding hydrogens is 436 g/mol. The molecule has 2 aliphatic rings. The summed E-state index contributed by atoms with van der Waals surface area (Å²) in [4.78, 5) is 18.3. The van der Waals surface area contributed by atoms with Gasteiger partial charge in [0.15, 0.2) is 17.3 Å². The predicted octanol–water partition coefficient (Wildman–Crippen LogP) is 2.74. The third kappa shape index (κ3) is 4.52. The van der Waals surface area contributed by atoms with Crippen molar-refractivity contribution in [3.05, 3.63) is 39.9 Å². The van der Waals surface area contributed by atoms with Gasteiger partial charge in [-0.2, -0.15) is 0 Å². The summed E-state index contributed by atoms with van der Waals surface area (Å²) < 4.78 is 13.4. The van der Waals surface area contributed by atoms with Crippen LogP contribution in [-0.4, -0.2) is 61.6 Å². The lowest BCUT2D eigenvalue weighted by molar-refractivity contribution is 0.150. The van der Waals surface area contributed by atoms with Crippen molar-refractivity contribution < 1.29 is 14.6 Å². The number of rotatable bonds is 9. The molecule has 3 heterocycles. The number of nitrogens with one attached hydrogen (secondary N) is 1. The molecule has 1 atom stereocenters. The Balaban J connectivity index is 1.47. The summed E-state index contributed by atoms with van der Waals surface area (Å²) in [5.74, 6) is 2.18. The van der Waals surface area contributed by atoms with Gasteiger partial charge in [-0.15, -0.1) is 5.10 Å². The first-order valence-electron chi connectivity index (χ1n) is 12.3. The molecule has 3 aromatic rings. The maximum atomic E-state index is 13.0. The van der Waals surface area contributed by atoms with Gasteiger partial charge in [-0.25, -0.2) is 4.68 Å². The van der Waals surface area contributed by atoms with Crippen LogP contribution in [-0.2, 0) is 6.54 Å². The summed E-state index contributed by atoms with van der Waals surface area (Å²) in [6, 6.07) is 5.93. The van der Waals surface area contributed by atoms with Gasteiger partial charge in [0.25, 0.3) is 5.56 Å². The van der Waals surface area contributed by atoms with Crippen molar-refractivity contribution >= 4 is 10.9 Å². The van der Waals surface area contributed by atoms with Crippen LogP contribution in [0.15, 0.2) is 23.0 Å². The smallest absolute Gasteiger partial charge is 0.252 e. The lowest BCUT2D eigenvalue weighted by Gasteiger charge is -2.30. The number of hydrogen-bond acceptors (Lipinski definition) is 8. The Kier molecular flexibility index (Phi) is 6.77. The Hall–Kier alpha value is -2.98. The second kappa shape index (κ2) is 10.1. The molecule has 0 amide bonds. The van der Waals surface area contributed by atoms with Gasteiger partial charge >= 0.3 is 0 Å². The van der Waals surface area contributed by atoms with E-state index in [-0.39, 0.29) is 18.2 Å². The van der Waals surface area contributed by atoms with Crippen LogP contribution in [0.4, 0.5) is 0 Å². The molecule has 0 radical (unpaired) electrons. The summed E-state index contributed by atoms with van der Waals surface area (Å²) in [7, 11) is 0. The van der Waals surface area contributed by atoms with E-state index in [1.807, 2.05) is 22.9 Å². The molecule has 2 N–H and O–H groups in total. The van der Waals surface area contributed by atoms with Crippen molar-refractivity contribution in [3.8, 4) is 11.5 Å². The molecule has 182 valence electrons. The minimum atomic E-state index is -0.136. The van der Waals surface area contributed by atoms with Crippen LogP contribution < -0.4 is 15.0 Å². The monoisotopic (exact) mass is 468 g/mol. The second-order valence-electron chi connectivity index (χ2n) is 9.10. The Labute approximate surface area is 197 Å². The normalized spacial score (nSPS) is 17.0. The molecule has 1 aliphatic heterocycles. The predicted molar refractivity (Wildman–Crippen MR) is 126 cm³/mol. The molecule has 1 aliphatic carbocycles. The van der Waals surface area contributed by atoms with Crippen LogP contribution in [0.3, 0.4) is 0 Å². The van der Waals surface area contributed by atoms with E-state index in [2.05, 4.69) is 32.3 Å². The molecule has 0 unspecified atom stereocenters. The van der Waals surface area contributed by atoms with Gasteiger partial charge in [0.05, 0.1) is 17.6 Å². The first-order chi connectivity index (χ1) is 16.7. The third-order valence-electron chi connectivity index (χ3n) is 6.88. The molecule has 10 heteroatoms. The molecular formula is C24H32N6O4. The van der Waals surface area contributed by atoms with Crippen LogP contribution in [0.25, 0.3) is 10.9 Å². The maximum Gasteiger partial charge on any atom is 0.252 e. The SMILES string of the molecule is CC[C@H](c1nnnn1C1CCCC1)N(CCCO)Cc1cc2cc3c(cc2[nH]c1=O)OCCO3. The summed E-state index contributed by atoms with van der Waals surface area (Å²) in [5.41, 5.74) is 1.24. The quantitative estimate of drug-likeness (QED) is 0.492. The molecule has 34 heavy (non-hydrogen) atoms. The van der Waals surface area contributed by atoms with E-state index in [1.165, 1.54) is 12.8 Å². The van der Waals surface area contributed by atoms with Crippen LogP contribution in [0.2, 0.25) is 0 Å². The van der Waals surface area contributed by atoms with E-state index in [0.29, 0.717) is 55.8 Å². The van der Waals surface area contributed by atoms with Gasteiger partial charge in [0, 0.05) is 36.7 Å². The molecule has 0 saturated heterocycles. The fraction of sp³-hybridized carbons (Fsp3) is 0.583. The number of aliphatic hydroxyl groups excluding tert-OH is 1. The molecule has 1 aromatic carbocycles. The van der Waals surface area contributed by atoms with Crippen LogP contribution in [0, 0.1) is 0 Å². The van der Waals surface area contributed by atoms with Crippen molar-refractivity contribution in [2.24, 2.45) is 0 Å².